The molecule has 2 heteroatoms. The minimum atomic E-state index is 0.0579. The average molecular weight is 140 g/mol. The molecule has 2 atom stereocenters. The van der Waals surface area contributed by atoms with Gasteiger partial charge < -0.3 is 9.53 Å². The fourth-order valence-corrected chi connectivity index (χ4v) is 1.09. The SMILES string of the molecule is CC1=CCC(C=O)C(C)O1. The van der Waals surface area contributed by atoms with Gasteiger partial charge in [0.1, 0.15) is 12.4 Å². The maximum atomic E-state index is 10.4. The van der Waals surface area contributed by atoms with Crippen LogP contribution in [0.4, 0.5) is 0 Å². The molecule has 0 amide bonds. The van der Waals surface area contributed by atoms with E-state index in [1.54, 1.807) is 0 Å². The summed E-state index contributed by atoms with van der Waals surface area (Å²) < 4.78 is 5.32. The van der Waals surface area contributed by atoms with Gasteiger partial charge in [-0.1, -0.05) is 0 Å². The van der Waals surface area contributed by atoms with Gasteiger partial charge in [-0.15, -0.1) is 0 Å². The zero-order chi connectivity index (χ0) is 7.56. The molecule has 1 heterocycles. The molecule has 0 bridgehead atoms. The first-order valence-electron chi connectivity index (χ1n) is 3.52. The first kappa shape index (κ1) is 7.32. The number of carbonyl (C=O) groups is 1. The van der Waals surface area contributed by atoms with Gasteiger partial charge in [0.15, 0.2) is 0 Å². The van der Waals surface area contributed by atoms with Crippen LogP contribution in [0.3, 0.4) is 0 Å². The molecule has 2 unspecified atom stereocenters. The molecular weight excluding hydrogens is 128 g/mol. The van der Waals surface area contributed by atoms with Crippen molar-refractivity contribution in [2.45, 2.75) is 26.4 Å². The van der Waals surface area contributed by atoms with Crippen molar-refractivity contribution in [3.05, 3.63) is 11.8 Å². The van der Waals surface area contributed by atoms with E-state index in [0.717, 1.165) is 18.5 Å². The van der Waals surface area contributed by atoms with Gasteiger partial charge in [-0.05, 0) is 26.3 Å². The summed E-state index contributed by atoms with van der Waals surface area (Å²) in [5.41, 5.74) is 0. The van der Waals surface area contributed by atoms with E-state index < -0.39 is 0 Å². The Kier molecular flexibility index (Phi) is 2.10. The van der Waals surface area contributed by atoms with Crippen molar-refractivity contribution in [3.8, 4) is 0 Å². The van der Waals surface area contributed by atoms with Crippen molar-refractivity contribution < 1.29 is 9.53 Å². The lowest BCUT2D eigenvalue weighted by molar-refractivity contribution is -0.114. The molecule has 0 aromatic rings. The molecule has 56 valence electrons. The van der Waals surface area contributed by atoms with Gasteiger partial charge in [0.25, 0.3) is 0 Å². The molecule has 1 aliphatic rings. The Balaban J connectivity index is 2.60. The monoisotopic (exact) mass is 140 g/mol. The van der Waals surface area contributed by atoms with Crippen molar-refractivity contribution in [1.29, 1.82) is 0 Å². The summed E-state index contributed by atoms with van der Waals surface area (Å²) in [7, 11) is 0. The molecule has 2 nitrogen and oxygen atoms in total. The molecule has 0 saturated heterocycles. The summed E-state index contributed by atoms with van der Waals surface area (Å²) in [5, 5.41) is 0. The van der Waals surface area contributed by atoms with E-state index in [0.29, 0.717) is 0 Å². The number of hydrogen-bond acceptors (Lipinski definition) is 2. The first-order valence-corrected chi connectivity index (χ1v) is 3.52. The van der Waals surface area contributed by atoms with Crippen LogP contribution in [0.1, 0.15) is 20.3 Å². The van der Waals surface area contributed by atoms with Crippen LogP contribution in [-0.2, 0) is 9.53 Å². The Labute approximate surface area is 60.9 Å². The minimum Gasteiger partial charge on any atom is -0.495 e. The van der Waals surface area contributed by atoms with E-state index in [1.807, 2.05) is 19.9 Å². The largest absolute Gasteiger partial charge is 0.495 e. The molecule has 0 fully saturated rings. The van der Waals surface area contributed by atoms with Gasteiger partial charge in [0, 0.05) is 0 Å². The van der Waals surface area contributed by atoms with Gasteiger partial charge in [-0.2, -0.15) is 0 Å². The average Bonchev–Trinajstić information content (AvgIpc) is 1.88. The van der Waals surface area contributed by atoms with Crippen molar-refractivity contribution in [3.63, 3.8) is 0 Å². The molecule has 0 aliphatic carbocycles. The van der Waals surface area contributed by atoms with Crippen LogP contribution in [-0.4, -0.2) is 12.4 Å². The van der Waals surface area contributed by atoms with Crippen LogP contribution in [0.5, 0.6) is 0 Å². The van der Waals surface area contributed by atoms with Gasteiger partial charge in [-0.25, -0.2) is 0 Å². The van der Waals surface area contributed by atoms with Crippen molar-refractivity contribution in [1.82, 2.24) is 0 Å². The van der Waals surface area contributed by atoms with E-state index in [2.05, 4.69) is 0 Å². The first-order chi connectivity index (χ1) is 4.74. The van der Waals surface area contributed by atoms with E-state index >= 15 is 0 Å². The maximum Gasteiger partial charge on any atom is 0.127 e. The summed E-state index contributed by atoms with van der Waals surface area (Å²) in [6, 6.07) is 0. The summed E-state index contributed by atoms with van der Waals surface area (Å²) in [5.74, 6) is 0.995. The van der Waals surface area contributed by atoms with Crippen LogP contribution in [0, 0.1) is 5.92 Å². The molecule has 1 rings (SSSR count). The standard InChI is InChI=1S/C8H12O2/c1-6-3-4-8(5-9)7(2)10-6/h3,5,7-8H,4H2,1-2H3. The predicted octanol–water partition coefficient (Wildman–Crippen LogP) is 1.51. The Morgan fingerprint density at radius 3 is 3.00 bits per heavy atom. The zero-order valence-electron chi connectivity index (χ0n) is 6.33. The van der Waals surface area contributed by atoms with Gasteiger partial charge in [-0.3, -0.25) is 0 Å². The highest BCUT2D eigenvalue weighted by molar-refractivity contribution is 5.55. The number of carbonyl (C=O) groups excluding carboxylic acids is 1. The number of aldehydes is 1. The highest BCUT2D eigenvalue weighted by atomic mass is 16.5. The fourth-order valence-electron chi connectivity index (χ4n) is 1.09. The highest BCUT2D eigenvalue weighted by Gasteiger charge is 2.20. The lowest BCUT2D eigenvalue weighted by Crippen LogP contribution is -2.24. The third-order valence-electron chi connectivity index (χ3n) is 1.83. The number of rotatable bonds is 1. The molecule has 10 heavy (non-hydrogen) atoms. The van der Waals surface area contributed by atoms with Crippen LogP contribution in [0.2, 0.25) is 0 Å². The molecule has 0 aromatic heterocycles. The second kappa shape index (κ2) is 2.86. The Morgan fingerprint density at radius 1 is 1.80 bits per heavy atom. The lowest BCUT2D eigenvalue weighted by Gasteiger charge is -2.24. The molecule has 0 aromatic carbocycles. The smallest absolute Gasteiger partial charge is 0.127 e. The van der Waals surface area contributed by atoms with Crippen molar-refractivity contribution >= 4 is 6.29 Å². The van der Waals surface area contributed by atoms with Crippen molar-refractivity contribution in [2.24, 2.45) is 5.92 Å². The molecule has 0 saturated carbocycles. The molecular formula is C8H12O2. The molecule has 0 N–H and O–H groups in total. The third-order valence-corrected chi connectivity index (χ3v) is 1.83. The summed E-state index contributed by atoms with van der Waals surface area (Å²) in [6.07, 6.45) is 3.81. The third kappa shape index (κ3) is 1.38. The number of hydrogen-bond donors (Lipinski definition) is 0. The fraction of sp³-hybridized carbons (Fsp3) is 0.625. The molecule has 0 spiro atoms. The highest BCUT2D eigenvalue weighted by Crippen LogP contribution is 2.20. The Hall–Kier alpha value is -0.790. The van der Waals surface area contributed by atoms with Gasteiger partial charge >= 0.3 is 0 Å². The quantitative estimate of drug-likeness (QED) is 0.516. The van der Waals surface area contributed by atoms with Crippen LogP contribution >= 0.6 is 0 Å². The predicted molar refractivity (Wildman–Crippen MR) is 38.5 cm³/mol. The molecule has 0 radical (unpaired) electrons. The summed E-state index contributed by atoms with van der Waals surface area (Å²) in [6.45, 7) is 3.84. The summed E-state index contributed by atoms with van der Waals surface area (Å²) in [4.78, 5) is 10.4. The number of ether oxygens (including phenoxy) is 1. The molecule has 1 aliphatic heterocycles. The minimum absolute atomic E-state index is 0.0579. The topological polar surface area (TPSA) is 26.3 Å². The van der Waals surface area contributed by atoms with Crippen LogP contribution < -0.4 is 0 Å². The Morgan fingerprint density at radius 2 is 2.50 bits per heavy atom. The Bertz CT molecular complexity index is 161. The van der Waals surface area contributed by atoms with Crippen LogP contribution in [0.15, 0.2) is 11.8 Å². The second-order valence-electron chi connectivity index (χ2n) is 2.67. The van der Waals surface area contributed by atoms with Gasteiger partial charge in [0.2, 0.25) is 0 Å². The van der Waals surface area contributed by atoms with E-state index in [9.17, 15) is 4.79 Å². The van der Waals surface area contributed by atoms with E-state index in [-0.39, 0.29) is 12.0 Å². The number of allylic oxidation sites excluding steroid dienone is 2. The summed E-state index contributed by atoms with van der Waals surface area (Å²) >= 11 is 0. The maximum absolute atomic E-state index is 10.4. The van der Waals surface area contributed by atoms with Crippen LogP contribution in [0.25, 0.3) is 0 Å². The normalized spacial score (nSPS) is 32.4. The van der Waals surface area contributed by atoms with Crippen molar-refractivity contribution in [2.75, 3.05) is 0 Å². The second-order valence-corrected chi connectivity index (χ2v) is 2.67. The van der Waals surface area contributed by atoms with E-state index in [4.69, 9.17) is 4.74 Å². The van der Waals surface area contributed by atoms with Gasteiger partial charge in [0.05, 0.1) is 11.7 Å². The lowest BCUT2D eigenvalue weighted by atomic mass is 9.99. The zero-order valence-corrected chi connectivity index (χ0v) is 6.33. The van der Waals surface area contributed by atoms with E-state index in [1.165, 1.54) is 0 Å².